The number of aliphatic hydroxyl groups is 1. The molecule has 0 aliphatic carbocycles. The first-order chi connectivity index (χ1) is 5.76. The first kappa shape index (κ1) is 10.8. The fraction of sp³-hybridized carbons (Fsp3) is 0.300. The van der Waals surface area contributed by atoms with Crippen LogP contribution in [0, 0.1) is 0 Å². The van der Waals surface area contributed by atoms with E-state index in [-0.39, 0.29) is 0 Å². The van der Waals surface area contributed by atoms with Gasteiger partial charge in [-0.1, -0.05) is 24.3 Å². The maximum atomic E-state index is 9.36. The zero-order chi connectivity index (χ0) is 9.40. The molecular weight excluding hydrogens is 150 g/mol. The third-order valence-corrected chi connectivity index (χ3v) is 1.32. The van der Waals surface area contributed by atoms with Gasteiger partial charge in [-0.2, -0.15) is 0 Å². The average molecular weight is 165 g/mol. The van der Waals surface area contributed by atoms with Crippen molar-refractivity contribution >= 4 is 6.21 Å². The Balaban J connectivity index is 4.52. The zero-order valence-corrected chi connectivity index (χ0v) is 7.57. The molecule has 0 aromatic rings. The van der Waals surface area contributed by atoms with E-state index >= 15 is 0 Å². The Morgan fingerprint density at radius 1 is 1.58 bits per heavy atom. The molecule has 0 rings (SSSR count). The minimum absolute atomic E-state index is 0.634. The molecule has 0 bridgehead atoms. The molecule has 0 spiro atoms. The lowest BCUT2D eigenvalue weighted by Crippen LogP contribution is -2.06. The van der Waals surface area contributed by atoms with E-state index in [1.807, 2.05) is 19.1 Å². The van der Waals surface area contributed by atoms with Crippen molar-refractivity contribution in [2.24, 2.45) is 4.99 Å². The van der Waals surface area contributed by atoms with Crippen molar-refractivity contribution in [3.8, 4) is 0 Å². The van der Waals surface area contributed by atoms with E-state index in [1.165, 1.54) is 6.08 Å². The third kappa shape index (κ3) is 3.88. The molecule has 0 saturated heterocycles. The molecule has 66 valence electrons. The Bertz CT molecular complexity index is 214. The van der Waals surface area contributed by atoms with Gasteiger partial charge in [-0.25, -0.2) is 0 Å². The van der Waals surface area contributed by atoms with E-state index in [0.29, 0.717) is 0 Å². The Labute approximate surface area is 73.6 Å². The standard InChI is InChI=1S/C10H15NO/c1-4-6-7-9(8-11-3)10(12)5-2/h4-8,10,12H,2H2,1,3H3/b6-4+,9-7+,11-8?. The highest BCUT2D eigenvalue weighted by Gasteiger charge is 2.00. The molecule has 2 heteroatoms. The summed E-state index contributed by atoms with van der Waals surface area (Å²) >= 11 is 0. The van der Waals surface area contributed by atoms with E-state index in [9.17, 15) is 5.11 Å². The normalized spacial score (nSPS) is 15.8. The van der Waals surface area contributed by atoms with Crippen molar-refractivity contribution in [2.45, 2.75) is 13.0 Å². The van der Waals surface area contributed by atoms with Crippen molar-refractivity contribution in [1.82, 2.24) is 0 Å². The number of aliphatic hydroxyl groups excluding tert-OH is 1. The molecule has 12 heavy (non-hydrogen) atoms. The minimum Gasteiger partial charge on any atom is -0.384 e. The number of rotatable bonds is 4. The lowest BCUT2D eigenvalue weighted by atomic mass is 10.1. The van der Waals surface area contributed by atoms with Gasteiger partial charge in [0.15, 0.2) is 0 Å². The van der Waals surface area contributed by atoms with Crippen LogP contribution in [0.4, 0.5) is 0 Å². The van der Waals surface area contributed by atoms with Crippen molar-refractivity contribution < 1.29 is 5.11 Å². The molecule has 1 atom stereocenters. The average Bonchev–Trinajstić information content (AvgIpc) is 2.11. The maximum absolute atomic E-state index is 9.36. The first-order valence-electron chi connectivity index (χ1n) is 3.82. The lowest BCUT2D eigenvalue weighted by molar-refractivity contribution is 0.266. The van der Waals surface area contributed by atoms with Crippen LogP contribution in [0.1, 0.15) is 6.92 Å². The molecule has 0 aliphatic heterocycles. The van der Waals surface area contributed by atoms with Crippen LogP contribution in [0.5, 0.6) is 0 Å². The third-order valence-electron chi connectivity index (χ3n) is 1.32. The Hall–Kier alpha value is -1.15. The van der Waals surface area contributed by atoms with Gasteiger partial charge in [-0.15, -0.1) is 6.58 Å². The predicted molar refractivity (Wildman–Crippen MR) is 53.5 cm³/mol. The molecule has 0 fully saturated rings. The number of hydrogen-bond acceptors (Lipinski definition) is 2. The predicted octanol–water partition coefficient (Wildman–Crippen LogP) is 1.74. The Kier molecular flexibility index (Phi) is 5.93. The van der Waals surface area contributed by atoms with Gasteiger partial charge in [-0.05, 0) is 6.92 Å². The quantitative estimate of drug-likeness (QED) is 0.384. The summed E-state index contributed by atoms with van der Waals surface area (Å²) in [5.74, 6) is 0. The van der Waals surface area contributed by atoms with E-state index in [2.05, 4.69) is 11.6 Å². The van der Waals surface area contributed by atoms with E-state index in [0.717, 1.165) is 5.57 Å². The molecule has 0 aliphatic rings. The van der Waals surface area contributed by atoms with Crippen LogP contribution in [0.15, 0.2) is 41.4 Å². The SMILES string of the molecule is C=CC(O)/C(C=NC)=C/C=C/C. The first-order valence-corrected chi connectivity index (χ1v) is 3.82. The number of aliphatic imine (C=N–C) groups is 1. The molecule has 1 N–H and O–H groups in total. The van der Waals surface area contributed by atoms with E-state index in [4.69, 9.17) is 0 Å². The summed E-state index contributed by atoms with van der Waals surface area (Å²) in [5.41, 5.74) is 0.741. The Morgan fingerprint density at radius 3 is 2.67 bits per heavy atom. The van der Waals surface area contributed by atoms with Crippen molar-refractivity contribution in [3.63, 3.8) is 0 Å². The van der Waals surface area contributed by atoms with Gasteiger partial charge in [-0.3, -0.25) is 4.99 Å². The van der Waals surface area contributed by atoms with Crippen LogP contribution in [0.3, 0.4) is 0 Å². The largest absolute Gasteiger partial charge is 0.384 e. The second-order valence-electron chi connectivity index (χ2n) is 2.26. The van der Waals surface area contributed by atoms with Crippen molar-refractivity contribution in [3.05, 3.63) is 36.5 Å². The topological polar surface area (TPSA) is 32.6 Å². The summed E-state index contributed by atoms with van der Waals surface area (Å²) in [6.45, 7) is 5.41. The number of hydrogen-bond donors (Lipinski definition) is 1. The second kappa shape index (κ2) is 6.55. The molecule has 1 unspecified atom stereocenters. The molecular formula is C10H15NO. The highest BCUT2D eigenvalue weighted by molar-refractivity contribution is 5.80. The zero-order valence-electron chi connectivity index (χ0n) is 7.57. The van der Waals surface area contributed by atoms with Crippen LogP contribution in [0.25, 0.3) is 0 Å². The highest BCUT2D eigenvalue weighted by atomic mass is 16.3. The van der Waals surface area contributed by atoms with Gasteiger partial charge in [0.25, 0.3) is 0 Å². The van der Waals surface area contributed by atoms with Crippen molar-refractivity contribution in [2.75, 3.05) is 7.05 Å². The van der Waals surface area contributed by atoms with E-state index in [1.54, 1.807) is 19.3 Å². The highest BCUT2D eigenvalue weighted by Crippen LogP contribution is 2.00. The molecule has 0 heterocycles. The van der Waals surface area contributed by atoms with Crippen molar-refractivity contribution in [1.29, 1.82) is 0 Å². The van der Waals surface area contributed by atoms with Gasteiger partial charge in [0, 0.05) is 18.8 Å². The summed E-state index contributed by atoms with van der Waals surface area (Å²) < 4.78 is 0. The summed E-state index contributed by atoms with van der Waals surface area (Å²) in [6.07, 6.45) is 8.00. The minimum atomic E-state index is -0.634. The summed E-state index contributed by atoms with van der Waals surface area (Å²) in [6, 6.07) is 0. The number of nitrogens with zero attached hydrogens (tertiary/aromatic N) is 1. The second-order valence-corrected chi connectivity index (χ2v) is 2.26. The van der Waals surface area contributed by atoms with Crippen LogP contribution >= 0.6 is 0 Å². The smallest absolute Gasteiger partial charge is 0.0983 e. The van der Waals surface area contributed by atoms with Gasteiger partial charge in [0.1, 0.15) is 0 Å². The van der Waals surface area contributed by atoms with Crippen LogP contribution < -0.4 is 0 Å². The van der Waals surface area contributed by atoms with Crippen LogP contribution in [0.2, 0.25) is 0 Å². The summed E-state index contributed by atoms with van der Waals surface area (Å²) in [7, 11) is 1.67. The fourth-order valence-electron chi connectivity index (χ4n) is 0.710. The van der Waals surface area contributed by atoms with Gasteiger partial charge in [0.05, 0.1) is 6.10 Å². The molecule has 0 aromatic heterocycles. The molecule has 0 aromatic carbocycles. The monoisotopic (exact) mass is 165 g/mol. The van der Waals surface area contributed by atoms with Crippen LogP contribution in [-0.2, 0) is 0 Å². The summed E-state index contributed by atoms with van der Waals surface area (Å²) in [4.78, 5) is 3.82. The molecule has 0 saturated carbocycles. The van der Waals surface area contributed by atoms with Gasteiger partial charge >= 0.3 is 0 Å². The fourth-order valence-corrected chi connectivity index (χ4v) is 0.710. The van der Waals surface area contributed by atoms with Gasteiger partial charge in [0.2, 0.25) is 0 Å². The maximum Gasteiger partial charge on any atom is 0.0983 e. The Morgan fingerprint density at radius 2 is 2.25 bits per heavy atom. The summed E-state index contributed by atoms with van der Waals surface area (Å²) in [5, 5.41) is 9.36. The molecule has 0 amide bonds. The molecule has 2 nitrogen and oxygen atoms in total. The molecule has 0 radical (unpaired) electrons. The number of allylic oxidation sites excluding steroid dienone is 3. The van der Waals surface area contributed by atoms with Crippen LogP contribution in [-0.4, -0.2) is 24.5 Å². The van der Waals surface area contributed by atoms with Gasteiger partial charge < -0.3 is 5.11 Å². The lowest BCUT2D eigenvalue weighted by Gasteiger charge is -2.03. The van der Waals surface area contributed by atoms with E-state index < -0.39 is 6.10 Å².